The van der Waals surface area contributed by atoms with Gasteiger partial charge in [0.1, 0.15) is 17.3 Å². The lowest BCUT2D eigenvalue weighted by molar-refractivity contribution is 0.0916. The molecule has 1 amide bonds. The average molecular weight is 486 g/mol. The first-order chi connectivity index (χ1) is 17.5. The number of benzene rings is 1. The van der Waals surface area contributed by atoms with Gasteiger partial charge in [0.05, 0.1) is 30.0 Å². The van der Waals surface area contributed by atoms with Gasteiger partial charge in [-0.1, -0.05) is 12.1 Å². The van der Waals surface area contributed by atoms with Crippen LogP contribution in [0.4, 0.5) is 15.8 Å². The van der Waals surface area contributed by atoms with Crippen LogP contribution in [0.2, 0.25) is 0 Å². The smallest absolute Gasteiger partial charge is 0.270 e. The number of hydrogen-bond acceptors (Lipinski definition) is 6. The van der Waals surface area contributed by atoms with Crippen LogP contribution in [-0.4, -0.2) is 40.2 Å². The number of nitrogens with zero attached hydrogens (tertiary/aromatic N) is 3. The Morgan fingerprint density at radius 2 is 2.11 bits per heavy atom. The molecule has 8 nitrogen and oxygen atoms in total. The molecule has 0 saturated heterocycles. The number of allylic oxidation sites excluding steroid dienone is 1. The lowest BCUT2D eigenvalue weighted by Crippen LogP contribution is -2.38. The normalized spacial score (nSPS) is 19.5. The molecule has 0 radical (unpaired) electrons. The number of fused-ring (bicyclic) bond motifs is 3. The van der Waals surface area contributed by atoms with Gasteiger partial charge < -0.3 is 24.7 Å². The standard InChI is InChI=1S/C27H24FN5O3/c1-15-5-3-6-16-13-30-27(34)25-24(31-21-8-4-7-19(28)26(21)35-2)18(14-33(16)25)17-11-12-29-20-9-10-22(36-15)32-23(17)20/h3-5,7-12,14-16,31H,6,13H2,1-2H3,(H,30,34)/b5-3-/t15-,16?/m1/s1. The molecule has 2 aliphatic rings. The quantitative estimate of drug-likeness (QED) is 0.397. The predicted molar refractivity (Wildman–Crippen MR) is 134 cm³/mol. The molecule has 2 N–H and O–H groups in total. The summed E-state index contributed by atoms with van der Waals surface area (Å²) in [5, 5.41) is 6.31. The lowest BCUT2D eigenvalue weighted by atomic mass is 10.0. The molecule has 1 aromatic carbocycles. The zero-order valence-corrected chi connectivity index (χ0v) is 19.8. The van der Waals surface area contributed by atoms with Gasteiger partial charge in [-0.3, -0.25) is 9.78 Å². The SMILES string of the molecule is COc1c(F)cccc1Nc1c2cn3c1C(=O)NCC3C/C=C\[C@@H](C)Oc1ccc3nccc-2c3n1. The van der Waals surface area contributed by atoms with E-state index in [9.17, 15) is 9.18 Å². The van der Waals surface area contributed by atoms with E-state index in [2.05, 4.69) is 21.7 Å². The van der Waals surface area contributed by atoms with Crippen molar-refractivity contribution in [3.05, 3.63) is 72.5 Å². The fourth-order valence-corrected chi connectivity index (χ4v) is 4.86. The molecule has 4 aromatic rings. The molecule has 9 heteroatoms. The molecule has 0 fully saturated rings. The summed E-state index contributed by atoms with van der Waals surface area (Å²) >= 11 is 0. The number of rotatable bonds is 3. The van der Waals surface area contributed by atoms with Crippen molar-refractivity contribution in [2.24, 2.45) is 0 Å². The minimum absolute atomic E-state index is 0.0148. The number of ether oxygens (including phenoxy) is 2. The van der Waals surface area contributed by atoms with Crippen molar-refractivity contribution in [2.75, 3.05) is 19.0 Å². The number of halogens is 1. The number of para-hydroxylation sites is 1. The van der Waals surface area contributed by atoms with Crippen LogP contribution in [0.15, 0.2) is 60.9 Å². The van der Waals surface area contributed by atoms with Crippen molar-refractivity contribution >= 4 is 28.3 Å². The molecule has 182 valence electrons. The lowest BCUT2D eigenvalue weighted by Gasteiger charge is -2.26. The molecule has 0 spiro atoms. The molecule has 6 rings (SSSR count). The number of amides is 1. The number of methoxy groups -OCH3 is 1. The van der Waals surface area contributed by atoms with E-state index in [1.807, 2.05) is 35.9 Å². The summed E-state index contributed by atoms with van der Waals surface area (Å²) in [5.41, 5.74) is 4.26. The van der Waals surface area contributed by atoms with Gasteiger partial charge in [-0.25, -0.2) is 9.37 Å². The van der Waals surface area contributed by atoms with Crippen molar-refractivity contribution in [1.82, 2.24) is 19.9 Å². The van der Waals surface area contributed by atoms with Gasteiger partial charge in [0.15, 0.2) is 11.6 Å². The summed E-state index contributed by atoms with van der Waals surface area (Å²) in [5.74, 6) is -0.166. The molecular weight excluding hydrogens is 461 g/mol. The third-order valence-electron chi connectivity index (χ3n) is 6.54. The summed E-state index contributed by atoms with van der Waals surface area (Å²) in [7, 11) is 1.41. The van der Waals surface area contributed by atoms with Crippen LogP contribution in [0.25, 0.3) is 22.2 Å². The van der Waals surface area contributed by atoms with Crippen molar-refractivity contribution in [1.29, 1.82) is 0 Å². The Morgan fingerprint density at radius 3 is 2.97 bits per heavy atom. The Balaban J connectivity index is 1.64. The third kappa shape index (κ3) is 3.64. The third-order valence-corrected chi connectivity index (χ3v) is 6.54. The Kier molecular flexibility index (Phi) is 5.32. The van der Waals surface area contributed by atoms with Crippen molar-refractivity contribution in [2.45, 2.75) is 25.5 Å². The van der Waals surface area contributed by atoms with Gasteiger partial charge in [0.25, 0.3) is 5.91 Å². The van der Waals surface area contributed by atoms with E-state index in [0.717, 1.165) is 11.1 Å². The second kappa shape index (κ2) is 8.67. The molecule has 3 aromatic heterocycles. The van der Waals surface area contributed by atoms with Crippen molar-refractivity contribution in [3.8, 4) is 22.8 Å². The average Bonchev–Trinajstić information content (AvgIpc) is 3.25. The molecule has 36 heavy (non-hydrogen) atoms. The molecule has 4 bridgehead atoms. The molecule has 0 saturated carbocycles. The van der Waals surface area contributed by atoms with Gasteiger partial charge >= 0.3 is 0 Å². The maximum atomic E-state index is 14.5. The van der Waals surface area contributed by atoms with Crippen LogP contribution in [0.5, 0.6) is 11.6 Å². The van der Waals surface area contributed by atoms with Gasteiger partial charge in [-0.15, -0.1) is 0 Å². The van der Waals surface area contributed by atoms with Crippen LogP contribution < -0.4 is 20.1 Å². The Hall–Kier alpha value is -4.40. The van der Waals surface area contributed by atoms with Crippen molar-refractivity contribution in [3.63, 3.8) is 0 Å². The Bertz CT molecular complexity index is 1530. The number of pyridine rings is 2. The van der Waals surface area contributed by atoms with Gasteiger partial charge in [-0.05, 0) is 43.7 Å². The van der Waals surface area contributed by atoms with Crippen LogP contribution in [0.3, 0.4) is 0 Å². The highest BCUT2D eigenvalue weighted by atomic mass is 19.1. The van der Waals surface area contributed by atoms with E-state index >= 15 is 0 Å². The largest absolute Gasteiger partial charge is 0.492 e. The number of hydrogen-bond donors (Lipinski definition) is 2. The van der Waals surface area contributed by atoms with Gasteiger partial charge in [0.2, 0.25) is 5.88 Å². The second-order valence-electron chi connectivity index (χ2n) is 8.85. The summed E-state index contributed by atoms with van der Waals surface area (Å²) in [4.78, 5) is 22.5. The zero-order chi connectivity index (χ0) is 24.8. The summed E-state index contributed by atoms with van der Waals surface area (Å²) in [6, 6.07) is 10.2. The molecule has 5 heterocycles. The molecular formula is C27H24FN5O3. The highest BCUT2D eigenvalue weighted by molar-refractivity contribution is 6.06. The Labute approximate surface area is 206 Å². The fraction of sp³-hybridized carbons (Fsp3) is 0.222. The molecule has 1 unspecified atom stereocenters. The monoisotopic (exact) mass is 485 g/mol. The number of carbonyl (C=O) groups excluding carboxylic acids is 1. The first kappa shape index (κ1) is 22.1. The van der Waals surface area contributed by atoms with E-state index in [-0.39, 0.29) is 23.8 Å². The predicted octanol–water partition coefficient (Wildman–Crippen LogP) is 5.00. The van der Waals surface area contributed by atoms with Crippen LogP contribution >= 0.6 is 0 Å². The molecule has 2 atom stereocenters. The van der Waals surface area contributed by atoms with E-state index in [0.29, 0.717) is 46.9 Å². The first-order valence-electron chi connectivity index (χ1n) is 11.8. The summed E-state index contributed by atoms with van der Waals surface area (Å²) < 4.78 is 27.9. The Morgan fingerprint density at radius 1 is 1.22 bits per heavy atom. The molecule has 2 aliphatic heterocycles. The van der Waals surface area contributed by atoms with Crippen molar-refractivity contribution < 1.29 is 18.7 Å². The summed E-state index contributed by atoms with van der Waals surface area (Å²) in [6.45, 7) is 2.45. The van der Waals surface area contributed by atoms with E-state index in [1.165, 1.54) is 13.2 Å². The topological polar surface area (TPSA) is 90.3 Å². The molecule has 0 aliphatic carbocycles. The highest BCUT2D eigenvalue weighted by Crippen LogP contribution is 2.42. The number of aromatic nitrogens is 3. The van der Waals surface area contributed by atoms with E-state index in [1.54, 1.807) is 24.4 Å². The van der Waals surface area contributed by atoms with E-state index in [4.69, 9.17) is 14.5 Å². The number of carbonyl (C=O) groups is 1. The van der Waals surface area contributed by atoms with Gasteiger partial charge in [-0.2, -0.15) is 0 Å². The number of anilines is 2. The first-order valence-corrected chi connectivity index (χ1v) is 11.8. The zero-order valence-electron chi connectivity index (χ0n) is 19.8. The minimum atomic E-state index is -0.501. The second-order valence-corrected chi connectivity index (χ2v) is 8.85. The maximum Gasteiger partial charge on any atom is 0.270 e. The summed E-state index contributed by atoms with van der Waals surface area (Å²) in [6.07, 6.45) is 8.24. The maximum absolute atomic E-state index is 14.5. The van der Waals surface area contributed by atoms with Crippen LogP contribution in [-0.2, 0) is 0 Å². The van der Waals surface area contributed by atoms with Gasteiger partial charge in [0, 0.05) is 36.1 Å². The van der Waals surface area contributed by atoms with Crippen LogP contribution in [0, 0.1) is 5.82 Å². The van der Waals surface area contributed by atoms with Crippen LogP contribution in [0.1, 0.15) is 29.9 Å². The number of nitrogens with one attached hydrogen (secondary N) is 2. The highest BCUT2D eigenvalue weighted by Gasteiger charge is 2.32. The minimum Gasteiger partial charge on any atom is -0.492 e. The van der Waals surface area contributed by atoms with E-state index < -0.39 is 5.82 Å². The fourth-order valence-electron chi connectivity index (χ4n) is 4.86.